The maximum atomic E-state index is 4.65. The van der Waals surface area contributed by atoms with Gasteiger partial charge in [-0.2, -0.15) is 0 Å². The molecule has 21 heavy (non-hydrogen) atoms. The highest BCUT2D eigenvalue weighted by molar-refractivity contribution is 5.35. The molecule has 0 aromatic carbocycles. The van der Waals surface area contributed by atoms with E-state index in [0.717, 1.165) is 56.5 Å². The number of hydrogen-bond donors (Lipinski definition) is 1. The molecule has 0 atom stereocenters. The van der Waals surface area contributed by atoms with E-state index in [9.17, 15) is 0 Å². The second kappa shape index (κ2) is 6.71. The number of nitrogens with zero attached hydrogens (tertiary/aromatic N) is 4. The molecule has 1 saturated heterocycles. The van der Waals surface area contributed by atoms with Crippen LogP contribution in [-0.4, -0.2) is 58.5 Å². The molecule has 0 amide bonds. The van der Waals surface area contributed by atoms with Crippen molar-refractivity contribution < 1.29 is 0 Å². The van der Waals surface area contributed by atoms with Gasteiger partial charge in [0.2, 0.25) is 0 Å². The van der Waals surface area contributed by atoms with Gasteiger partial charge in [-0.25, -0.2) is 9.97 Å². The smallest absolute Gasteiger partial charge is 0.144 e. The molecular formula is C16H29N5. The van der Waals surface area contributed by atoms with Crippen LogP contribution in [0.3, 0.4) is 0 Å². The Kier molecular flexibility index (Phi) is 5.17. The number of rotatable bonds is 5. The Morgan fingerprint density at radius 3 is 2.71 bits per heavy atom. The number of aromatic nitrogens is 2. The predicted octanol–water partition coefficient (Wildman–Crippen LogP) is 2.13. The van der Waals surface area contributed by atoms with Gasteiger partial charge < -0.3 is 5.32 Å². The second-order valence-corrected chi connectivity index (χ2v) is 6.68. The van der Waals surface area contributed by atoms with Crippen LogP contribution in [0.4, 0.5) is 5.82 Å². The Balaban J connectivity index is 2.04. The minimum Gasteiger partial charge on any atom is -0.370 e. The van der Waals surface area contributed by atoms with E-state index in [4.69, 9.17) is 0 Å². The number of anilines is 1. The van der Waals surface area contributed by atoms with E-state index in [2.05, 4.69) is 52.9 Å². The minimum absolute atomic E-state index is 0.214. The number of hydrogen-bond acceptors (Lipinski definition) is 5. The standard InChI is InChI=1S/C16H29N5/c1-6-7-17-14-10-13(2)18-15(19-14)11-21-9-8-20(5)16(3,4)12-21/h10H,6-9,11-12H2,1-5H3,(H,17,18,19). The zero-order valence-corrected chi connectivity index (χ0v) is 14.1. The van der Waals surface area contributed by atoms with Crippen LogP contribution in [0.5, 0.6) is 0 Å². The van der Waals surface area contributed by atoms with Crippen LogP contribution in [0.25, 0.3) is 0 Å². The average molecular weight is 291 g/mol. The minimum atomic E-state index is 0.214. The zero-order chi connectivity index (χ0) is 15.5. The summed E-state index contributed by atoms with van der Waals surface area (Å²) in [5.74, 6) is 1.88. The van der Waals surface area contributed by atoms with E-state index in [-0.39, 0.29) is 5.54 Å². The van der Waals surface area contributed by atoms with Gasteiger partial charge in [0.25, 0.3) is 0 Å². The van der Waals surface area contributed by atoms with E-state index >= 15 is 0 Å². The summed E-state index contributed by atoms with van der Waals surface area (Å²) in [6.45, 7) is 13.8. The van der Waals surface area contributed by atoms with E-state index in [1.807, 2.05) is 13.0 Å². The van der Waals surface area contributed by atoms with Crippen LogP contribution >= 0.6 is 0 Å². The fraction of sp³-hybridized carbons (Fsp3) is 0.750. The van der Waals surface area contributed by atoms with Crippen molar-refractivity contribution >= 4 is 5.82 Å². The van der Waals surface area contributed by atoms with Crippen molar-refractivity contribution in [1.82, 2.24) is 19.8 Å². The summed E-state index contributed by atoms with van der Waals surface area (Å²) in [4.78, 5) is 14.1. The number of likely N-dealkylation sites (N-methyl/N-ethyl adjacent to an activating group) is 1. The third-order valence-electron chi connectivity index (χ3n) is 4.22. The predicted molar refractivity (Wildman–Crippen MR) is 87.5 cm³/mol. The molecule has 1 aliphatic heterocycles. The van der Waals surface area contributed by atoms with E-state index in [1.165, 1.54) is 0 Å². The highest BCUT2D eigenvalue weighted by atomic mass is 15.3. The number of piperazine rings is 1. The van der Waals surface area contributed by atoms with E-state index in [0.29, 0.717) is 0 Å². The van der Waals surface area contributed by atoms with Gasteiger partial charge in [0.05, 0.1) is 6.54 Å². The van der Waals surface area contributed by atoms with Gasteiger partial charge in [0, 0.05) is 43.5 Å². The lowest BCUT2D eigenvalue weighted by Crippen LogP contribution is -2.57. The topological polar surface area (TPSA) is 44.3 Å². The normalized spacial score (nSPS) is 19.7. The SMILES string of the molecule is CCCNc1cc(C)nc(CN2CCN(C)C(C)(C)C2)n1. The molecule has 5 heteroatoms. The van der Waals surface area contributed by atoms with Gasteiger partial charge in [0.15, 0.2) is 0 Å². The Morgan fingerprint density at radius 2 is 2.05 bits per heavy atom. The maximum Gasteiger partial charge on any atom is 0.144 e. The largest absolute Gasteiger partial charge is 0.370 e. The van der Waals surface area contributed by atoms with Crippen LogP contribution in [0, 0.1) is 6.92 Å². The first kappa shape index (κ1) is 16.2. The molecule has 118 valence electrons. The van der Waals surface area contributed by atoms with Crippen LogP contribution in [0.2, 0.25) is 0 Å². The second-order valence-electron chi connectivity index (χ2n) is 6.68. The molecular weight excluding hydrogens is 262 g/mol. The first-order valence-corrected chi connectivity index (χ1v) is 7.93. The van der Waals surface area contributed by atoms with Crippen molar-refractivity contribution in [2.24, 2.45) is 0 Å². The Bertz CT molecular complexity index is 472. The molecule has 0 aliphatic carbocycles. The van der Waals surface area contributed by atoms with Crippen molar-refractivity contribution in [2.75, 3.05) is 38.5 Å². The lowest BCUT2D eigenvalue weighted by Gasteiger charge is -2.45. The highest BCUT2D eigenvalue weighted by Crippen LogP contribution is 2.20. The molecule has 0 radical (unpaired) electrons. The Labute approximate surface area is 128 Å². The number of nitrogens with one attached hydrogen (secondary N) is 1. The van der Waals surface area contributed by atoms with Crippen molar-refractivity contribution in [3.05, 3.63) is 17.6 Å². The summed E-state index contributed by atoms with van der Waals surface area (Å²) in [6.07, 6.45) is 1.10. The molecule has 0 spiro atoms. The Hall–Kier alpha value is -1.20. The highest BCUT2D eigenvalue weighted by Gasteiger charge is 2.31. The van der Waals surface area contributed by atoms with Crippen LogP contribution in [0.15, 0.2) is 6.07 Å². The van der Waals surface area contributed by atoms with Crippen LogP contribution < -0.4 is 5.32 Å². The molecule has 2 heterocycles. The summed E-state index contributed by atoms with van der Waals surface area (Å²) in [5, 5.41) is 3.36. The lowest BCUT2D eigenvalue weighted by molar-refractivity contribution is 0.0347. The monoisotopic (exact) mass is 291 g/mol. The zero-order valence-electron chi connectivity index (χ0n) is 14.1. The summed E-state index contributed by atoms with van der Waals surface area (Å²) < 4.78 is 0. The molecule has 0 bridgehead atoms. The van der Waals surface area contributed by atoms with Gasteiger partial charge in [-0.15, -0.1) is 0 Å². The van der Waals surface area contributed by atoms with Crippen molar-refractivity contribution in [2.45, 2.75) is 46.2 Å². The van der Waals surface area contributed by atoms with Gasteiger partial charge >= 0.3 is 0 Å². The molecule has 0 unspecified atom stereocenters. The fourth-order valence-corrected chi connectivity index (χ4v) is 2.72. The molecule has 1 N–H and O–H groups in total. The summed E-state index contributed by atoms with van der Waals surface area (Å²) >= 11 is 0. The average Bonchev–Trinajstić information content (AvgIpc) is 2.40. The van der Waals surface area contributed by atoms with Crippen molar-refractivity contribution in [1.29, 1.82) is 0 Å². The lowest BCUT2D eigenvalue weighted by atomic mass is 10.00. The first-order chi connectivity index (χ1) is 9.90. The van der Waals surface area contributed by atoms with Gasteiger partial charge in [0.1, 0.15) is 11.6 Å². The van der Waals surface area contributed by atoms with Gasteiger partial charge in [-0.05, 0) is 34.2 Å². The fourth-order valence-electron chi connectivity index (χ4n) is 2.72. The summed E-state index contributed by atoms with van der Waals surface area (Å²) in [5.41, 5.74) is 1.25. The molecule has 1 aliphatic rings. The third-order valence-corrected chi connectivity index (χ3v) is 4.22. The molecule has 0 saturated carbocycles. The van der Waals surface area contributed by atoms with Gasteiger partial charge in [-0.3, -0.25) is 9.80 Å². The van der Waals surface area contributed by atoms with E-state index < -0.39 is 0 Å². The molecule has 5 nitrogen and oxygen atoms in total. The number of aryl methyl sites for hydroxylation is 1. The first-order valence-electron chi connectivity index (χ1n) is 7.93. The summed E-state index contributed by atoms with van der Waals surface area (Å²) in [6, 6.07) is 2.02. The molecule has 2 rings (SSSR count). The summed E-state index contributed by atoms with van der Waals surface area (Å²) in [7, 11) is 2.20. The molecule has 1 aromatic rings. The van der Waals surface area contributed by atoms with Crippen LogP contribution in [-0.2, 0) is 6.54 Å². The molecule has 1 fully saturated rings. The van der Waals surface area contributed by atoms with Crippen molar-refractivity contribution in [3.63, 3.8) is 0 Å². The van der Waals surface area contributed by atoms with Crippen molar-refractivity contribution in [3.8, 4) is 0 Å². The maximum absolute atomic E-state index is 4.65. The van der Waals surface area contributed by atoms with E-state index in [1.54, 1.807) is 0 Å². The Morgan fingerprint density at radius 1 is 1.29 bits per heavy atom. The van der Waals surface area contributed by atoms with Crippen LogP contribution in [0.1, 0.15) is 38.7 Å². The third kappa shape index (κ3) is 4.38. The molecule has 1 aromatic heterocycles. The van der Waals surface area contributed by atoms with Gasteiger partial charge in [-0.1, -0.05) is 6.92 Å². The quantitative estimate of drug-likeness (QED) is 0.900.